The number of anilines is 2. The zero-order chi connectivity index (χ0) is 14.5. The predicted octanol–water partition coefficient (Wildman–Crippen LogP) is 0.248. The van der Waals surface area contributed by atoms with Crippen LogP contribution in [-0.4, -0.2) is 31.2 Å². The highest BCUT2D eigenvalue weighted by Gasteiger charge is 2.09. The van der Waals surface area contributed by atoms with E-state index < -0.39 is 0 Å². The molecule has 0 bridgehead atoms. The average Bonchev–Trinajstić information content (AvgIpc) is 2.81. The summed E-state index contributed by atoms with van der Waals surface area (Å²) in [7, 11) is 0. The molecule has 0 saturated carbocycles. The summed E-state index contributed by atoms with van der Waals surface area (Å²) in [4.78, 5) is 16.2. The van der Waals surface area contributed by atoms with Crippen LogP contribution in [0.15, 0.2) is 4.52 Å². The Kier molecular flexibility index (Phi) is 4.25. The Hall–Kier alpha value is -2.49. The van der Waals surface area contributed by atoms with E-state index in [9.17, 15) is 0 Å². The first-order valence-corrected chi connectivity index (χ1v) is 5.99. The Morgan fingerprint density at radius 1 is 1.20 bits per heavy atom. The van der Waals surface area contributed by atoms with E-state index in [1.54, 1.807) is 6.92 Å². The molecule has 0 aliphatic heterocycles. The van der Waals surface area contributed by atoms with Crippen molar-refractivity contribution < 1.29 is 9.26 Å². The number of nitrogens with zero attached hydrogens (tertiary/aromatic N) is 5. The number of nitrogens with two attached hydrogens (primary N) is 1. The third-order valence-corrected chi connectivity index (χ3v) is 2.05. The molecule has 0 aliphatic carbocycles. The van der Waals surface area contributed by atoms with Crippen molar-refractivity contribution in [3.05, 3.63) is 11.7 Å². The second-order valence-electron chi connectivity index (χ2n) is 4.17. The molecule has 0 aliphatic rings. The molecule has 0 amide bonds. The molecule has 2 aromatic rings. The fourth-order valence-electron chi connectivity index (χ4n) is 1.33. The number of hydrogen-bond donors (Lipinski definition) is 3. The monoisotopic (exact) mass is 280 g/mol. The van der Waals surface area contributed by atoms with Crippen molar-refractivity contribution in [2.75, 3.05) is 10.7 Å². The molecule has 0 atom stereocenters. The maximum absolute atomic E-state index is 5.40. The molecule has 0 fully saturated rings. The van der Waals surface area contributed by atoms with E-state index in [4.69, 9.17) is 15.1 Å². The van der Waals surface area contributed by atoms with Gasteiger partial charge in [-0.3, -0.25) is 5.43 Å². The standard InChI is InChI=1S/C10H16N8O2/c1-5(2)19-10-15-8(14-9(16-10)17-11)12-4-7-13-6(3)18-20-7/h5H,4,11H2,1-3H3,(H2,12,14,15,16,17). The first-order chi connectivity index (χ1) is 9.56. The molecule has 2 heterocycles. The van der Waals surface area contributed by atoms with Crippen molar-refractivity contribution in [3.63, 3.8) is 0 Å². The molecule has 4 N–H and O–H groups in total. The van der Waals surface area contributed by atoms with Gasteiger partial charge in [0.15, 0.2) is 5.82 Å². The number of nitrogens with one attached hydrogen (secondary N) is 2. The van der Waals surface area contributed by atoms with E-state index in [1.807, 2.05) is 13.8 Å². The van der Waals surface area contributed by atoms with Crippen LogP contribution in [0.1, 0.15) is 25.6 Å². The number of hydrogen-bond acceptors (Lipinski definition) is 10. The molecule has 0 unspecified atom stereocenters. The van der Waals surface area contributed by atoms with Gasteiger partial charge in [0.2, 0.25) is 17.8 Å². The van der Waals surface area contributed by atoms with Crippen LogP contribution in [0.3, 0.4) is 0 Å². The van der Waals surface area contributed by atoms with E-state index in [0.717, 1.165) is 0 Å². The summed E-state index contributed by atoms with van der Waals surface area (Å²) in [5.41, 5.74) is 2.35. The van der Waals surface area contributed by atoms with Gasteiger partial charge < -0.3 is 14.6 Å². The Balaban J connectivity index is 2.09. The van der Waals surface area contributed by atoms with E-state index in [1.165, 1.54) is 0 Å². The Labute approximate surface area is 115 Å². The fraction of sp³-hybridized carbons (Fsp3) is 0.500. The number of nitrogen functional groups attached to an aromatic ring is 1. The number of ether oxygens (including phenoxy) is 1. The quantitative estimate of drug-likeness (QED) is 0.498. The normalized spacial score (nSPS) is 10.7. The first-order valence-electron chi connectivity index (χ1n) is 5.99. The van der Waals surface area contributed by atoms with Gasteiger partial charge in [-0.1, -0.05) is 5.16 Å². The lowest BCUT2D eigenvalue weighted by molar-refractivity contribution is 0.222. The van der Waals surface area contributed by atoms with Crippen molar-refractivity contribution in [2.24, 2.45) is 5.84 Å². The minimum atomic E-state index is -0.0607. The molecule has 2 rings (SSSR count). The Morgan fingerprint density at radius 3 is 2.55 bits per heavy atom. The number of aromatic nitrogens is 5. The van der Waals surface area contributed by atoms with Gasteiger partial charge in [0.25, 0.3) is 0 Å². The zero-order valence-electron chi connectivity index (χ0n) is 11.4. The summed E-state index contributed by atoms with van der Waals surface area (Å²) in [6, 6.07) is 0.173. The van der Waals surface area contributed by atoms with Crippen molar-refractivity contribution in [3.8, 4) is 6.01 Å². The van der Waals surface area contributed by atoms with Crippen molar-refractivity contribution in [2.45, 2.75) is 33.4 Å². The van der Waals surface area contributed by atoms with Gasteiger partial charge in [0.1, 0.15) is 0 Å². The van der Waals surface area contributed by atoms with Crippen LogP contribution in [0.5, 0.6) is 6.01 Å². The molecule has 10 nitrogen and oxygen atoms in total. The van der Waals surface area contributed by atoms with Gasteiger partial charge in [-0.2, -0.15) is 19.9 Å². The number of hydrazine groups is 1. The van der Waals surface area contributed by atoms with Gasteiger partial charge in [-0.25, -0.2) is 5.84 Å². The van der Waals surface area contributed by atoms with Gasteiger partial charge in [0, 0.05) is 0 Å². The second-order valence-corrected chi connectivity index (χ2v) is 4.17. The SMILES string of the molecule is Cc1noc(CNc2nc(NN)nc(OC(C)C)n2)n1. The molecule has 20 heavy (non-hydrogen) atoms. The molecule has 0 radical (unpaired) electrons. The van der Waals surface area contributed by atoms with E-state index in [0.29, 0.717) is 17.7 Å². The molecule has 10 heteroatoms. The summed E-state index contributed by atoms with van der Waals surface area (Å²) in [6.45, 7) is 5.76. The van der Waals surface area contributed by atoms with Crippen LogP contribution in [0.2, 0.25) is 0 Å². The number of aryl methyl sites for hydroxylation is 1. The van der Waals surface area contributed by atoms with E-state index in [-0.39, 0.29) is 24.6 Å². The van der Waals surface area contributed by atoms with E-state index >= 15 is 0 Å². The molecular weight excluding hydrogens is 264 g/mol. The highest BCUT2D eigenvalue weighted by Crippen LogP contribution is 2.12. The third kappa shape index (κ3) is 3.75. The van der Waals surface area contributed by atoms with Crippen LogP contribution in [0.25, 0.3) is 0 Å². The molecule has 108 valence electrons. The summed E-state index contributed by atoms with van der Waals surface area (Å²) < 4.78 is 10.4. The molecule has 0 spiro atoms. The van der Waals surface area contributed by atoms with Crippen LogP contribution < -0.4 is 21.3 Å². The highest BCUT2D eigenvalue weighted by atomic mass is 16.5. The minimum Gasteiger partial charge on any atom is -0.461 e. The summed E-state index contributed by atoms with van der Waals surface area (Å²) >= 11 is 0. The largest absolute Gasteiger partial charge is 0.461 e. The molecule has 0 aromatic carbocycles. The Bertz CT molecular complexity index is 570. The maximum atomic E-state index is 5.40. The Morgan fingerprint density at radius 2 is 1.95 bits per heavy atom. The van der Waals surface area contributed by atoms with Crippen molar-refractivity contribution in [1.29, 1.82) is 0 Å². The summed E-state index contributed by atoms with van der Waals surface area (Å²) in [5, 5.41) is 6.61. The minimum absolute atomic E-state index is 0.0607. The highest BCUT2D eigenvalue weighted by molar-refractivity contribution is 5.34. The third-order valence-electron chi connectivity index (χ3n) is 2.05. The number of rotatable bonds is 6. The van der Waals surface area contributed by atoms with Crippen LogP contribution in [0, 0.1) is 6.92 Å². The summed E-state index contributed by atoms with van der Waals surface area (Å²) in [6.07, 6.45) is -0.0607. The van der Waals surface area contributed by atoms with Crippen molar-refractivity contribution >= 4 is 11.9 Å². The average molecular weight is 280 g/mol. The second kappa shape index (κ2) is 6.10. The van der Waals surface area contributed by atoms with Crippen LogP contribution in [-0.2, 0) is 6.54 Å². The van der Waals surface area contributed by atoms with Gasteiger partial charge in [0.05, 0.1) is 12.6 Å². The molecule has 2 aromatic heterocycles. The van der Waals surface area contributed by atoms with E-state index in [2.05, 4.69) is 35.8 Å². The maximum Gasteiger partial charge on any atom is 0.323 e. The molecule has 0 saturated heterocycles. The lowest BCUT2D eigenvalue weighted by Crippen LogP contribution is -2.16. The molecular formula is C10H16N8O2. The fourth-order valence-corrected chi connectivity index (χ4v) is 1.33. The lowest BCUT2D eigenvalue weighted by atomic mass is 10.5. The first kappa shape index (κ1) is 13.9. The van der Waals surface area contributed by atoms with Crippen molar-refractivity contribution in [1.82, 2.24) is 25.1 Å². The topological polar surface area (TPSA) is 137 Å². The smallest absolute Gasteiger partial charge is 0.323 e. The summed E-state index contributed by atoms with van der Waals surface area (Å²) in [5.74, 6) is 6.78. The van der Waals surface area contributed by atoms with Gasteiger partial charge >= 0.3 is 6.01 Å². The van der Waals surface area contributed by atoms with Gasteiger partial charge in [-0.05, 0) is 20.8 Å². The van der Waals surface area contributed by atoms with Gasteiger partial charge in [-0.15, -0.1) is 0 Å². The zero-order valence-corrected chi connectivity index (χ0v) is 11.4. The van der Waals surface area contributed by atoms with Crippen LogP contribution >= 0.6 is 0 Å². The lowest BCUT2D eigenvalue weighted by Gasteiger charge is -2.10. The predicted molar refractivity (Wildman–Crippen MR) is 69.8 cm³/mol. The van der Waals surface area contributed by atoms with Crippen LogP contribution in [0.4, 0.5) is 11.9 Å².